The second-order valence-electron chi connectivity index (χ2n) is 5.94. The molecular weight excluding hydrogens is 246 g/mol. The van der Waals surface area contributed by atoms with Crippen LogP contribution in [0.3, 0.4) is 0 Å². The molecule has 3 rings (SSSR count). The summed E-state index contributed by atoms with van der Waals surface area (Å²) in [6.45, 7) is 9.18. The molecule has 0 saturated heterocycles. The minimum Gasteiger partial charge on any atom is -0.373 e. The smallest absolute Gasteiger partial charge is 0.0872 e. The van der Waals surface area contributed by atoms with E-state index in [2.05, 4.69) is 37.5 Å². The second kappa shape index (κ2) is 4.01. The predicted molar refractivity (Wildman–Crippen MR) is 75.3 cm³/mol. The summed E-state index contributed by atoms with van der Waals surface area (Å²) in [7, 11) is 0. The molecule has 0 N–H and O–H groups in total. The van der Waals surface area contributed by atoms with Gasteiger partial charge in [-0.25, -0.2) is 0 Å². The van der Waals surface area contributed by atoms with E-state index in [1.165, 1.54) is 22.2 Å². The maximum Gasteiger partial charge on any atom is 0.0872 e. The van der Waals surface area contributed by atoms with Crippen LogP contribution in [0.4, 0.5) is 0 Å². The van der Waals surface area contributed by atoms with Crippen molar-refractivity contribution in [1.29, 1.82) is 0 Å². The molecule has 1 aliphatic heterocycles. The Kier molecular flexibility index (Phi) is 2.68. The fourth-order valence-corrected chi connectivity index (χ4v) is 3.11. The largest absolute Gasteiger partial charge is 0.373 e. The van der Waals surface area contributed by atoms with Crippen LogP contribution in [0.15, 0.2) is 18.2 Å². The van der Waals surface area contributed by atoms with Crippen molar-refractivity contribution < 1.29 is 4.74 Å². The van der Waals surface area contributed by atoms with Crippen LogP contribution in [0, 0.1) is 0 Å². The molecule has 2 heterocycles. The summed E-state index contributed by atoms with van der Waals surface area (Å²) >= 11 is 6.14. The fraction of sp³-hybridized carbons (Fsp3) is 0.467. The molecule has 0 saturated carbocycles. The molecule has 3 heteroatoms. The first-order chi connectivity index (χ1) is 8.48. The molecular formula is C15H18ClNO. The quantitative estimate of drug-likeness (QED) is 0.697. The third kappa shape index (κ3) is 1.75. The normalized spacial score (nSPS) is 16.0. The third-order valence-electron chi connectivity index (χ3n) is 3.58. The zero-order valence-corrected chi connectivity index (χ0v) is 11.8. The van der Waals surface area contributed by atoms with Crippen molar-refractivity contribution in [3.63, 3.8) is 0 Å². The van der Waals surface area contributed by atoms with Gasteiger partial charge in [0.2, 0.25) is 0 Å². The standard InChI is InChI=1S/C15H18ClNO/c1-15(2,3)14-11-5-4-10(16)8-12(11)17-6-7-18-9-13(14)17/h4-5,8H,6-7,9H2,1-3H3. The Morgan fingerprint density at radius 3 is 2.78 bits per heavy atom. The van der Waals surface area contributed by atoms with Crippen LogP contribution in [-0.4, -0.2) is 11.2 Å². The van der Waals surface area contributed by atoms with Crippen molar-refractivity contribution in [2.24, 2.45) is 0 Å². The van der Waals surface area contributed by atoms with Gasteiger partial charge in [0, 0.05) is 22.6 Å². The van der Waals surface area contributed by atoms with Crippen molar-refractivity contribution in [3.05, 3.63) is 34.5 Å². The number of nitrogens with zero attached hydrogens (tertiary/aromatic N) is 1. The average molecular weight is 264 g/mol. The Bertz CT molecular complexity index is 607. The second-order valence-corrected chi connectivity index (χ2v) is 6.37. The summed E-state index contributed by atoms with van der Waals surface area (Å²) in [4.78, 5) is 0. The minimum absolute atomic E-state index is 0.118. The molecule has 0 radical (unpaired) electrons. The molecule has 96 valence electrons. The van der Waals surface area contributed by atoms with Gasteiger partial charge in [0.15, 0.2) is 0 Å². The van der Waals surface area contributed by atoms with E-state index in [-0.39, 0.29) is 5.41 Å². The number of benzene rings is 1. The minimum atomic E-state index is 0.118. The van der Waals surface area contributed by atoms with Gasteiger partial charge in [0.1, 0.15) is 0 Å². The van der Waals surface area contributed by atoms with Crippen molar-refractivity contribution >= 4 is 22.5 Å². The number of fused-ring (bicyclic) bond motifs is 3. The molecule has 0 unspecified atom stereocenters. The number of hydrogen-bond donors (Lipinski definition) is 0. The summed E-state index contributed by atoms with van der Waals surface area (Å²) in [5, 5.41) is 2.11. The van der Waals surface area contributed by atoms with Crippen LogP contribution in [0.25, 0.3) is 10.9 Å². The molecule has 1 aromatic carbocycles. The van der Waals surface area contributed by atoms with Gasteiger partial charge in [-0.2, -0.15) is 0 Å². The van der Waals surface area contributed by atoms with Crippen LogP contribution in [0.2, 0.25) is 5.02 Å². The van der Waals surface area contributed by atoms with Gasteiger partial charge in [-0.05, 0) is 23.1 Å². The average Bonchev–Trinajstić information content (AvgIpc) is 2.62. The SMILES string of the molecule is CC(C)(C)c1c2n(c3cc(Cl)ccc13)CCOC2. The molecule has 18 heavy (non-hydrogen) atoms. The van der Waals surface area contributed by atoms with Gasteiger partial charge in [0.25, 0.3) is 0 Å². The summed E-state index contributed by atoms with van der Waals surface area (Å²) in [6.07, 6.45) is 0. The molecule has 0 bridgehead atoms. The number of ether oxygens (including phenoxy) is 1. The van der Waals surface area contributed by atoms with E-state index >= 15 is 0 Å². The molecule has 1 aromatic heterocycles. The highest BCUT2D eigenvalue weighted by Gasteiger charge is 2.27. The van der Waals surface area contributed by atoms with E-state index in [9.17, 15) is 0 Å². The predicted octanol–water partition coefficient (Wildman–Crippen LogP) is 4.12. The highest BCUT2D eigenvalue weighted by atomic mass is 35.5. The van der Waals surface area contributed by atoms with E-state index in [0.29, 0.717) is 6.61 Å². The summed E-state index contributed by atoms with van der Waals surface area (Å²) in [5.74, 6) is 0. The first kappa shape index (κ1) is 12.1. The van der Waals surface area contributed by atoms with Gasteiger partial charge in [-0.3, -0.25) is 0 Å². The van der Waals surface area contributed by atoms with Gasteiger partial charge in [0.05, 0.1) is 18.7 Å². The third-order valence-corrected chi connectivity index (χ3v) is 3.82. The number of halogens is 1. The Labute approximate surface area is 112 Å². The molecule has 0 amide bonds. The van der Waals surface area contributed by atoms with Gasteiger partial charge in [-0.1, -0.05) is 38.4 Å². The maximum atomic E-state index is 6.14. The van der Waals surface area contributed by atoms with Crippen LogP contribution in [0.5, 0.6) is 0 Å². The number of hydrogen-bond acceptors (Lipinski definition) is 1. The topological polar surface area (TPSA) is 14.2 Å². The summed E-state index contributed by atoms with van der Waals surface area (Å²) < 4.78 is 8.00. The van der Waals surface area contributed by atoms with Crippen molar-refractivity contribution in [2.45, 2.75) is 39.3 Å². The van der Waals surface area contributed by atoms with Crippen LogP contribution < -0.4 is 0 Å². The number of rotatable bonds is 0. The zero-order valence-electron chi connectivity index (χ0n) is 11.1. The van der Waals surface area contributed by atoms with E-state index in [1.54, 1.807) is 0 Å². The molecule has 0 spiro atoms. The molecule has 0 fully saturated rings. The van der Waals surface area contributed by atoms with Crippen LogP contribution >= 0.6 is 11.6 Å². The van der Waals surface area contributed by atoms with Crippen LogP contribution in [-0.2, 0) is 23.3 Å². The summed E-state index contributed by atoms with van der Waals surface area (Å²) in [6, 6.07) is 6.19. The van der Waals surface area contributed by atoms with Crippen LogP contribution in [0.1, 0.15) is 32.0 Å². The maximum absolute atomic E-state index is 6.14. The molecule has 2 aromatic rings. The monoisotopic (exact) mass is 263 g/mol. The first-order valence-corrected chi connectivity index (χ1v) is 6.75. The van der Waals surface area contributed by atoms with Crippen molar-refractivity contribution in [1.82, 2.24) is 4.57 Å². The van der Waals surface area contributed by atoms with E-state index in [4.69, 9.17) is 16.3 Å². The molecule has 0 aliphatic carbocycles. The highest BCUT2D eigenvalue weighted by Crippen LogP contribution is 2.38. The Hall–Kier alpha value is -0.990. The Morgan fingerprint density at radius 2 is 2.06 bits per heavy atom. The van der Waals surface area contributed by atoms with E-state index in [1.807, 2.05) is 6.07 Å². The van der Waals surface area contributed by atoms with E-state index < -0.39 is 0 Å². The Morgan fingerprint density at radius 1 is 1.28 bits per heavy atom. The zero-order chi connectivity index (χ0) is 12.9. The lowest BCUT2D eigenvalue weighted by atomic mass is 9.85. The molecule has 1 aliphatic rings. The van der Waals surface area contributed by atoms with E-state index in [0.717, 1.165) is 18.2 Å². The number of aromatic nitrogens is 1. The van der Waals surface area contributed by atoms with Crippen molar-refractivity contribution in [3.8, 4) is 0 Å². The lowest BCUT2D eigenvalue weighted by Gasteiger charge is -2.24. The lowest BCUT2D eigenvalue weighted by Crippen LogP contribution is -2.20. The summed E-state index contributed by atoms with van der Waals surface area (Å²) in [5.41, 5.74) is 4.07. The Balaban J connectivity index is 2.40. The van der Waals surface area contributed by atoms with Gasteiger partial charge in [-0.15, -0.1) is 0 Å². The lowest BCUT2D eigenvalue weighted by molar-refractivity contribution is 0.0850. The molecule has 2 nitrogen and oxygen atoms in total. The van der Waals surface area contributed by atoms with Gasteiger partial charge >= 0.3 is 0 Å². The van der Waals surface area contributed by atoms with Gasteiger partial charge < -0.3 is 9.30 Å². The highest BCUT2D eigenvalue weighted by molar-refractivity contribution is 6.31. The molecule has 0 atom stereocenters. The first-order valence-electron chi connectivity index (χ1n) is 6.37. The van der Waals surface area contributed by atoms with Crippen molar-refractivity contribution in [2.75, 3.05) is 6.61 Å². The fourth-order valence-electron chi connectivity index (χ4n) is 2.94.